The number of carbonyl (C=O) groups excluding carboxylic acids is 1. The zero-order valence-corrected chi connectivity index (χ0v) is 24.3. The summed E-state index contributed by atoms with van der Waals surface area (Å²) in [4.78, 5) is 35.0. The number of likely N-dealkylation sites (N-methyl/N-ethyl adjacent to an activating group) is 1. The van der Waals surface area contributed by atoms with Crippen LogP contribution < -0.4 is 5.56 Å². The van der Waals surface area contributed by atoms with Crippen molar-refractivity contribution in [2.45, 2.75) is 63.7 Å². The lowest BCUT2D eigenvalue weighted by molar-refractivity contribution is -0.156. The Bertz CT molecular complexity index is 1400. The third-order valence-electron chi connectivity index (χ3n) is 6.95. The van der Waals surface area contributed by atoms with Gasteiger partial charge in [-0.15, -0.1) is 0 Å². The van der Waals surface area contributed by atoms with Gasteiger partial charge < -0.3 is 14.4 Å². The number of ether oxygens (including phenoxy) is 1. The van der Waals surface area contributed by atoms with Crippen LogP contribution in [0.4, 0.5) is 13.2 Å². The number of aldehydes is 1. The van der Waals surface area contributed by atoms with Crippen molar-refractivity contribution in [1.82, 2.24) is 9.47 Å². The normalized spacial score (nSPS) is 16.6. The third kappa shape index (κ3) is 9.69. The molecule has 0 spiro atoms. The molecule has 0 bridgehead atoms. The maximum atomic E-state index is 13.0. The molecular weight excluding hydrogens is 596 g/mol. The van der Waals surface area contributed by atoms with Gasteiger partial charge in [0.05, 0.1) is 29.0 Å². The fraction of sp³-hybridized carbons (Fsp3) is 0.367. The molecule has 0 unspecified atom stereocenters. The molecule has 1 aliphatic carbocycles. The molecule has 1 saturated carbocycles. The first-order chi connectivity index (χ1) is 19.9. The van der Waals surface area contributed by atoms with Crippen molar-refractivity contribution in [1.29, 1.82) is 0 Å². The Kier molecular flexibility index (Phi) is 12.2. The van der Waals surface area contributed by atoms with Crippen LogP contribution in [0.15, 0.2) is 65.5 Å². The number of aromatic carboxylic acids is 1. The van der Waals surface area contributed by atoms with Crippen LogP contribution in [0.1, 0.15) is 46.4 Å². The second kappa shape index (κ2) is 15.3. The van der Waals surface area contributed by atoms with Crippen molar-refractivity contribution in [2.24, 2.45) is 0 Å². The number of hydrogen-bond acceptors (Lipinski definition) is 5. The predicted octanol–water partition coefficient (Wildman–Crippen LogP) is 6.41. The molecule has 226 valence electrons. The van der Waals surface area contributed by atoms with Crippen LogP contribution >= 0.6 is 23.2 Å². The zero-order chi connectivity index (χ0) is 30.9. The summed E-state index contributed by atoms with van der Waals surface area (Å²) in [5.74, 6) is -0.970. The van der Waals surface area contributed by atoms with Crippen LogP contribution in [0.2, 0.25) is 10.0 Å². The Morgan fingerprint density at radius 3 is 2.31 bits per heavy atom. The van der Waals surface area contributed by atoms with Crippen LogP contribution in [-0.4, -0.2) is 52.2 Å². The van der Waals surface area contributed by atoms with E-state index in [1.54, 1.807) is 28.8 Å². The fourth-order valence-electron chi connectivity index (χ4n) is 4.83. The number of carbonyl (C=O) groups is 2. The van der Waals surface area contributed by atoms with Crippen molar-refractivity contribution in [3.8, 4) is 0 Å². The molecule has 3 aromatic rings. The highest BCUT2D eigenvalue weighted by molar-refractivity contribution is 6.34. The molecule has 1 N–H and O–H groups in total. The summed E-state index contributed by atoms with van der Waals surface area (Å²) in [7, 11) is 2.04. The van der Waals surface area contributed by atoms with Gasteiger partial charge in [0.1, 0.15) is 5.02 Å². The van der Waals surface area contributed by atoms with E-state index in [0.29, 0.717) is 36.8 Å². The highest BCUT2D eigenvalue weighted by atomic mass is 35.5. The second-order valence-electron chi connectivity index (χ2n) is 9.90. The Hall–Kier alpha value is -3.18. The van der Waals surface area contributed by atoms with E-state index in [0.717, 1.165) is 30.4 Å². The maximum Gasteiger partial charge on any atom is 0.446 e. The smallest absolute Gasteiger partial charge is 0.446 e. The number of nitrogens with zero attached hydrogens (tertiary/aromatic N) is 2. The highest BCUT2D eigenvalue weighted by Gasteiger charge is 2.32. The molecule has 1 aromatic heterocycles. The first-order valence-electron chi connectivity index (χ1n) is 13.2. The Morgan fingerprint density at radius 1 is 1.07 bits per heavy atom. The summed E-state index contributed by atoms with van der Waals surface area (Å²) in [5, 5.41) is 9.65. The van der Waals surface area contributed by atoms with Crippen molar-refractivity contribution in [2.75, 3.05) is 7.05 Å². The molecule has 1 fully saturated rings. The van der Waals surface area contributed by atoms with Crippen molar-refractivity contribution in [3.05, 3.63) is 103 Å². The predicted molar refractivity (Wildman–Crippen MR) is 154 cm³/mol. The molecule has 0 radical (unpaired) electrons. The van der Waals surface area contributed by atoms with E-state index in [1.165, 1.54) is 6.07 Å². The van der Waals surface area contributed by atoms with E-state index in [2.05, 4.69) is 17.0 Å². The average molecular weight is 627 g/mol. The lowest BCUT2D eigenvalue weighted by atomic mass is 10.1. The molecule has 12 heteroatoms. The van der Waals surface area contributed by atoms with E-state index in [-0.39, 0.29) is 28.3 Å². The van der Waals surface area contributed by atoms with Gasteiger partial charge in [-0.05, 0) is 62.1 Å². The molecule has 7 nitrogen and oxygen atoms in total. The summed E-state index contributed by atoms with van der Waals surface area (Å²) < 4.78 is 39.2. The van der Waals surface area contributed by atoms with Gasteiger partial charge in [-0.25, -0.2) is 4.79 Å². The molecule has 42 heavy (non-hydrogen) atoms. The molecule has 0 amide bonds. The van der Waals surface area contributed by atoms with Gasteiger partial charge in [0.15, 0.2) is 0 Å². The van der Waals surface area contributed by atoms with Gasteiger partial charge in [-0.2, -0.15) is 13.2 Å². The summed E-state index contributed by atoms with van der Waals surface area (Å²) in [6.45, 7) is 1.44. The molecule has 0 aliphatic heterocycles. The van der Waals surface area contributed by atoms with Crippen molar-refractivity contribution in [3.63, 3.8) is 0 Å². The number of aromatic nitrogens is 1. The lowest BCUT2D eigenvalue weighted by Gasteiger charge is -2.31. The standard InChI is InChI=1S/C28H30Cl2N2O4.C2HF3O/c1-31(24-8-5-9-26(24)36-18-20-6-3-2-4-7-20)17-25-22(29)16-23(30)27(33)32(25)15-14-19-10-12-21(13-11-19)28(34)35;3-2(4,5)1-6/h2-4,6-7,10-13,16,24,26H,5,8-9,14-15,17-18H2,1H3,(H,34,35);1H/t24-,26-;/m1./s1. The van der Waals surface area contributed by atoms with Gasteiger partial charge in [-0.3, -0.25) is 14.5 Å². The van der Waals surface area contributed by atoms with E-state index >= 15 is 0 Å². The molecule has 2 aromatic carbocycles. The number of halogens is 5. The Morgan fingerprint density at radius 2 is 1.71 bits per heavy atom. The first kappa shape index (κ1) is 33.3. The number of hydrogen-bond donors (Lipinski definition) is 1. The van der Waals surface area contributed by atoms with Crippen LogP contribution in [0.5, 0.6) is 0 Å². The molecule has 2 atom stereocenters. The minimum absolute atomic E-state index is 0.0811. The minimum Gasteiger partial charge on any atom is -0.478 e. The molecular formula is C30H31Cl2F3N2O5. The van der Waals surface area contributed by atoms with Gasteiger partial charge >= 0.3 is 12.1 Å². The summed E-state index contributed by atoms with van der Waals surface area (Å²) in [6.07, 6.45) is -1.96. The molecule has 1 aliphatic rings. The minimum atomic E-state index is -4.64. The number of carboxylic acid groups (broad SMARTS) is 1. The van der Waals surface area contributed by atoms with Crippen LogP contribution in [0.25, 0.3) is 0 Å². The van der Waals surface area contributed by atoms with E-state index in [9.17, 15) is 22.8 Å². The fourth-order valence-corrected chi connectivity index (χ4v) is 5.36. The van der Waals surface area contributed by atoms with Crippen LogP contribution in [-0.2, 0) is 35.6 Å². The van der Waals surface area contributed by atoms with Crippen LogP contribution in [0.3, 0.4) is 0 Å². The quantitative estimate of drug-likeness (QED) is 0.262. The second-order valence-corrected chi connectivity index (χ2v) is 10.7. The zero-order valence-electron chi connectivity index (χ0n) is 22.8. The molecule has 4 rings (SSSR count). The summed E-state index contributed by atoms with van der Waals surface area (Å²) >= 11 is 12.8. The van der Waals surface area contributed by atoms with Gasteiger partial charge in [-0.1, -0.05) is 65.7 Å². The summed E-state index contributed by atoms with van der Waals surface area (Å²) in [5.41, 5.74) is 2.73. The number of aryl methyl sites for hydroxylation is 1. The number of carboxylic acids is 1. The number of pyridine rings is 1. The van der Waals surface area contributed by atoms with Gasteiger partial charge in [0.2, 0.25) is 6.29 Å². The van der Waals surface area contributed by atoms with Crippen molar-refractivity contribution >= 4 is 35.5 Å². The molecule has 1 heterocycles. The third-order valence-corrected chi connectivity index (χ3v) is 7.55. The van der Waals surface area contributed by atoms with Gasteiger partial charge in [0.25, 0.3) is 5.56 Å². The van der Waals surface area contributed by atoms with Crippen LogP contribution in [0, 0.1) is 0 Å². The maximum absolute atomic E-state index is 13.0. The average Bonchev–Trinajstić information content (AvgIpc) is 3.44. The number of alkyl halides is 3. The van der Waals surface area contributed by atoms with E-state index < -0.39 is 18.4 Å². The van der Waals surface area contributed by atoms with Gasteiger partial charge in [0, 0.05) is 19.1 Å². The number of rotatable bonds is 10. The summed E-state index contributed by atoms with van der Waals surface area (Å²) in [6, 6.07) is 18.5. The van der Waals surface area contributed by atoms with Crippen molar-refractivity contribution < 1.29 is 32.6 Å². The molecule has 0 saturated heterocycles. The van der Waals surface area contributed by atoms with E-state index in [1.807, 2.05) is 25.2 Å². The monoisotopic (exact) mass is 626 g/mol. The lowest BCUT2D eigenvalue weighted by Crippen LogP contribution is -2.40. The Balaban J connectivity index is 0.000000730. The first-order valence-corrected chi connectivity index (χ1v) is 13.9. The largest absolute Gasteiger partial charge is 0.478 e. The topological polar surface area (TPSA) is 88.8 Å². The van der Waals surface area contributed by atoms with E-state index in [4.69, 9.17) is 37.8 Å². The Labute approximate surface area is 251 Å². The number of benzene rings is 2. The SMILES string of the molecule is CN(Cc1c(Cl)cc(Cl)c(=O)n1CCc1ccc(C(=O)O)cc1)[C@@H]1CCC[C@H]1OCc1ccccc1.O=CC(F)(F)F. The highest BCUT2D eigenvalue weighted by Crippen LogP contribution is 2.29.